The minimum atomic E-state index is -1.09. The fourth-order valence-corrected chi connectivity index (χ4v) is 2.94. The lowest BCUT2D eigenvalue weighted by atomic mass is 9.98. The molecule has 1 fully saturated rings. The van der Waals surface area contributed by atoms with E-state index in [-0.39, 0.29) is 5.91 Å². The summed E-state index contributed by atoms with van der Waals surface area (Å²) in [6.07, 6.45) is 2.66. The van der Waals surface area contributed by atoms with Gasteiger partial charge in [0.2, 0.25) is 0 Å². The number of thiophene rings is 1. The molecule has 2 rings (SSSR count). The number of nitrogens with one attached hydrogen (secondary N) is 1. The molecule has 0 unspecified atom stereocenters. The third-order valence-electron chi connectivity index (χ3n) is 3.25. The van der Waals surface area contributed by atoms with E-state index in [9.17, 15) is 14.7 Å². The van der Waals surface area contributed by atoms with Crippen molar-refractivity contribution < 1.29 is 19.4 Å². The summed E-state index contributed by atoms with van der Waals surface area (Å²) >= 11 is 1.25. The molecule has 1 heterocycles. The molecule has 1 amide bonds. The Morgan fingerprint density at radius 2 is 2.11 bits per heavy atom. The van der Waals surface area contributed by atoms with Crippen LogP contribution in [0.3, 0.4) is 0 Å². The Kier molecular flexibility index (Phi) is 3.56. The number of amides is 1. The van der Waals surface area contributed by atoms with Gasteiger partial charge in [0.25, 0.3) is 5.91 Å². The van der Waals surface area contributed by atoms with Crippen molar-refractivity contribution in [2.75, 3.05) is 7.11 Å². The molecule has 1 aliphatic rings. The first-order valence-electron chi connectivity index (χ1n) is 5.76. The normalized spacial score (nSPS) is 17.4. The van der Waals surface area contributed by atoms with Crippen molar-refractivity contribution in [3.63, 3.8) is 0 Å². The number of carbonyl (C=O) groups excluding carboxylic acids is 1. The molecule has 0 radical (unpaired) electrons. The molecule has 18 heavy (non-hydrogen) atoms. The molecule has 0 aliphatic heterocycles. The predicted octanol–water partition coefficient (Wildman–Crippen LogP) is 1.88. The second kappa shape index (κ2) is 4.97. The summed E-state index contributed by atoms with van der Waals surface area (Å²) in [4.78, 5) is 23.8. The number of carboxylic acids is 1. The van der Waals surface area contributed by atoms with E-state index in [1.54, 1.807) is 11.4 Å². The third-order valence-corrected chi connectivity index (χ3v) is 4.16. The highest BCUT2D eigenvalue weighted by molar-refractivity contribution is 7.12. The maximum Gasteiger partial charge on any atom is 0.329 e. The minimum Gasteiger partial charge on any atom is -0.496 e. The number of carbonyl (C=O) groups is 2. The van der Waals surface area contributed by atoms with Gasteiger partial charge < -0.3 is 15.2 Å². The molecular formula is C12H15NO4S. The predicted molar refractivity (Wildman–Crippen MR) is 67.2 cm³/mol. The molecule has 0 spiro atoms. The van der Waals surface area contributed by atoms with Crippen LogP contribution in [0, 0.1) is 0 Å². The molecule has 1 saturated carbocycles. The van der Waals surface area contributed by atoms with Gasteiger partial charge in [-0.15, -0.1) is 11.3 Å². The quantitative estimate of drug-likeness (QED) is 0.875. The van der Waals surface area contributed by atoms with Crippen LogP contribution in [0.1, 0.15) is 35.4 Å². The topological polar surface area (TPSA) is 75.6 Å². The SMILES string of the molecule is COc1csc(C(=O)NC2(C(=O)O)CCCC2)c1. The number of ether oxygens (including phenoxy) is 1. The highest BCUT2D eigenvalue weighted by atomic mass is 32.1. The molecule has 1 aromatic rings. The van der Waals surface area contributed by atoms with Crippen molar-refractivity contribution in [1.29, 1.82) is 0 Å². The number of hydrogen-bond donors (Lipinski definition) is 2. The Hall–Kier alpha value is -1.56. The molecular weight excluding hydrogens is 254 g/mol. The number of aliphatic carboxylic acids is 1. The maximum absolute atomic E-state index is 12.0. The van der Waals surface area contributed by atoms with E-state index >= 15 is 0 Å². The molecule has 98 valence electrons. The van der Waals surface area contributed by atoms with Gasteiger partial charge in [-0.05, 0) is 12.8 Å². The van der Waals surface area contributed by atoms with Crippen LogP contribution in [0.25, 0.3) is 0 Å². The van der Waals surface area contributed by atoms with Gasteiger partial charge in [0.15, 0.2) is 0 Å². The van der Waals surface area contributed by atoms with E-state index in [0.29, 0.717) is 23.5 Å². The maximum atomic E-state index is 12.0. The van der Waals surface area contributed by atoms with Crippen LogP contribution in [0.4, 0.5) is 0 Å². The van der Waals surface area contributed by atoms with Gasteiger partial charge in [-0.2, -0.15) is 0 Å². The lowest BCUT2D eigenvalue weighted by Gasteiger charge is -2.24. The number of rotatable bonds is 4. The number of methoxy groups -OCH3 is 1. The van der Waals surface area contributed by atoms with Gasteiger partial charge in [0.05, 0.1) is 12.0 Å². The van der Waals surface area contributed by atoms with Crippen LogP contribution >= 0.6 is 11.3 Å². The largest absolute Gasteiger partial charge is 0.496 e. The van der Waals surface area contributed by atoms with Crippen LogP contribution in [0.5, 0.6) is 5.75 Å². The van der Waals surface area contributed by atoms with E-state index in [1.807, 2.05) is 0 Å². The molecule has 2 N–H and O–H groups in total. The second-order valence-corrected chi connectivity index (χ2v) is 5.31. The molecule has 0 bridgehead atoms. The van der Waals surface area contributed by atoms with Gasteiger partial charge >= 0.3 is 5.97 Å². The van der Waals surface area contributed by atoms with Gasteiger partial charge in [-0.3, -0.25) is 4.79 Å². The molecule has 0 saturated heterocycles. The zero-order chi connectivity index (χ0) is 13.2. The van der Waals surface area contributed by atoms with E-state index in [4.69, 9.17) is 4.74 Å². The zero-order valence-electron chi connectivity index (χ0n) is 10.1. The summed E-state index contributed by atoms with van der Waals surface area (Å²) in [7, 11) is 1.53. The third kappa shape index (κ3) is 2.33. The second-order valence-electron chi connectivity index (χ2n) is 4.40. The first-order valence-corrected chi connectivity index (χ1v) is 6.64. The van der Waals surface area contributed by atoms with Gasteiger partial charge in [0, 0.05) is 11.4 Å². The van der Waals surface area contributed by atoms with Crippen molar-refractivity contribution in [3.05, 3.63) is 16.3 Å². The van der Waals surface area contributed by atoms with Gasteiger partial charge in [0.1, 0.15) is 11.3 Å². The average molecular weight is 269 g/mol. The number of hydrogen-bond acceptors (Lipinski definition) is 4. The van der Waals surface area contributed by atoms with E-state index in [1.165, 1.54) is 18.4 Å². The summed E-state index contributed by atoms with van der Waals surface area (Å²) in [6, 6.07) is 1.62. The smallest absolute Gasteiger partial charge is 0.329 e. The van der Waals surface area contributed by atoms with Crippen molar-refractivity contribution in [3.8, 4) is 5.75 Å². The first-order chi connectivity index (χ1) is 8.57. The molecule has 1 aliphatic carbocycles. The monoisotopic (exact) mass is 269 g/mol. The lowest BCUT2D eigenvalue weighted by Crippen LogP contribution is -2.52. The van der Waals surface area contributed by atoms with E-state index in [0.717, 1.165) is 12.8 Å². The molecule has 1 aromatic heterocycles. The average Bonchev–Trinajstić information content (AvgIpc) is 2.97. The van der Waals surface area contributed by atoms with Crippen molar-refractivity contribution in [2.45, 2.75) is 31.2 Å². The van der Waals surface area contributed by atoms with E-state index in [2.05, 4.69) is 5.32 Å². The van der Waals surface area contributed by atoms with Crippen molar-refractivity contribution >= 4 is 23.2 Å². The number of carboxylic acid groups (broad SMARTS) is 1. The molecule has 0 atom stereocenters. The van der Waals surface area contributed by atoms with E-state index < -0.39 is 11.5 Å². The Balaban J connectivity index is 2.12. The van der Waals surface area contributed by atoms with Crippen LogP contribution in [-0.2, 0) is 4.79 Å². The Bertz CT molecular complexity index is 462. The summed E-state index contributed by atoms with van der Waals surface area (Å²) in [6.45, 7) is 0. The summed E-state index contributed by atoms with van der Waals surface area (Å²) in [5, 5.41) is 13.7. The molecule has 6 heteroatoms. The summed E-state index contributed by atoms with van der Waals surface area (Å²) < 4.78 is 5.00. The lowest BCUT2D eigenvalue weighted by molar-refractivity contribution is -0.144. The van der Waals surface area contributed by atoms with Crippen molar-refractivity contribution in [1.82, 2.24) is 5.32 Å². The van der Waals surface area contributed by atoms with Crippen molar-refractivity contribution in [2.24, 2.45) is 0 Å². The van der Waals surface area contributed by atoms with Crippen LogP contribution in [0.15, 0.2) is 11.4 Å². The zero-order valence-corrected chi connectivity index (χ0v) is 10.9. The Morgan fingerprint density at radius 1 is 1.44 bits per heavy atom. The van der Waals surface area contributed by atoms with Crippen LogP contribution in [0.2, 0.25) is 0 Å². The molecule has 0 aromatic carbocycles. The standard InChI is InChI=1S/C12H15NO4S/c1-17-8-6-9(18-7-8)10(14)13-12(11(15)16)4-2-3-5-12/h6-7H,2-5H2,1H3,(H,13,14)(H,15,16). The Morgan fingerprint density at radius 3 is 2.61 bits per heavy atom. The van der Waals surface area contributed by atoms with Gasteiger partial charge in [-0.25, -0.2) is 4.79 Å². The fraction of sp³-hybridized carbons (Fsp3) is 0.500. The summed E-state index contributed by atoms with van der Waals surface area (Å²) in [5.74, 6) is -0.676. The minimum absolute atomic E-state index is 0.340. The van der Waals surface area contributed by atoms with Crippen LogP contribution in [-0.4, -0.2) is 29.6 Å². The highest BCUT2D eigenvalue weighted by Crippen LogP contribution is 2.31. The summed E-state index contributed by atoms with van der Waals surface area (Å²) in [5.41, 5.74) is -1.09. The highest BCUT2D eigenvalue weighted by Gasteiger charge is 2.42. The van der Waals surface area contributed by atoms with Gasteiger partial charge in [-0.1, -0.05) is 12.8 Å². The fourth-order valence-electron chi connectivity index (χ4n) is 2.19. The molecule has 5 nitrogen and oxygen atoms in total. The first kappa shape index (κ1) is 12.9. The Labute approximate surface area is 109 Å². The van der Waals surface area contributed by atoms with Crippen LogP contribution < -0.4 is 10.1 Å².